The predicted octanol–water partition coefficient (Wildman–Crippen LogP) is 4.10. The number of rotatable bonds is 7. The lowest BCUT2D eigenvalue weighted by Gasteiger charge is -2.27. The third-order valence-corrected chi connectivity index (χ3v) is 4.01. The molecule has 19 heavy (non-hydrogen) atoms. The maximum Gasteiger partial charge on any atom is 0.0453 e. The molecular weight excluding hydrogens is 256 g/mol. The van der Waals surface area contributed by atoms with Crippen molar-refractivity contribution in [2.24, 2.45) is 11.7 Å². The predicted molar refractivity (Wildman–Crippen MR) is 84.5 cm³/mol. The van der Waals surface area contributed by atoms with Gasteiger partial charge in [-0.05, 0) is 50.9 Å². The Kier molecular flexibility index (Phi) is 6.84. The van der Waals surface area contributed by atoms with Crippen LogP contribution in [0.2, 0.25) is 5.02 Å². The van der Waals surface area contributed by atoms with E-state index in [1.54, 1.807) is 0 Å². The third-order valence-electron chi connectivity index (χ3n) is 3.66. The molecule has 0 aliphatic heterocycles. The summed E-state index contributed by atoms with van der Waals surface area (Å²) in [7, 11) is 2.17. The second-order valence-corrected chi connectivity index (χ2v) is 6.28. The number of hydrogen-bond donors (Lipinski definition) is 1. The van der Waals surface area contributed by atoms with Crippen LogP contribution in [0.15, 0.2) is 24.3 Å². The van der Waals surface area contributed by atoms with Crippen LogP contribution in [-0.4, -0.2) is 24.5 Å². The molecule has 2 nitrogen and oxygen atoms in total. The van der Waals surface area contributed by atoms with Crippen molar-refractivity contribution in [3.05, 3.63) is 34.9 Å². The van der Waals surface area contributed by atoms with Gasteiger partial charge in [0.25, 0.3) is 0 Å². The molecule has 1 aromatic carbocycles. The number of halogens is 1. The molecule has 0 radical (unpaired) electrons. The van der Waals surface area contributed by atoms with Crippen molar-refractivity contribution in [2.45, 2.75) is 45.7 Å². The lowest BCUT2D eigenvalue weighted by atomic mass is 10.0. The SMILES string of the molecule is CC(C)CC(C)N(C)CCC(N)c1ccccc1Cl. The zero-order chi connectivity index (χ0) is 14.4. The topological polar surface area (TPSA) is 29.3 Å². The molecule has 2 N–H and O–H groups in total. The van der Waals surface area contributed by atoms with Crippen LogP contribution in [0.5, 0.6) is 0 Å². The summed E-state index contributed by atoms with van der Waals surface area (Å²) in [4.78, 5) is 2.39. The van der Waals surface area contributed by atoms with Crippen LogP contribution < -0.4 is 5.73 Å². The van der Waals surface area contributed by atoms with Crippen LogP contribution in [0.4, 0.5) is 0 Å². The fourth-order valence-electron chi connectivity index (χ4n) is 2.36. The van der Waals surface area contributed by atoms with Gasteiger partial charge in [0.15, 0.2) is 0 Å². The Bertz CT molecular complexity index is 379. The zero-order valence-electron chi connectivity index (χ0n) is 12.6. The standard InChI is InChI=1S/C16H27ClN2/c1-12(2)11-13(3)19(4)10-9-16(18)14-7-5-6-8-15(14)17/h5-8,12-13,16H,9-11,18H2,1-4H3. The van der Waals surface area contributed by atoms with E-state index >= 15 is 0 Å². The highest BCUT2D eigenvalue weighted by molar-refractivity contribution is 6.31. The molecule has 0 aromatic heterocycles. The Labute approximate surface area is 122 Å². The van der Waals surface area contributed by atoms with E-state index in [0.29, 0.717) is 6.04 Å². The molecule has 0 aliphatic rings. The molecule has 0 aliphatic carbocycles. The molecular formula is C16H27ClN2. The molecule has 0 amide bonds. The Balaban J connectivity index is 2.46. The average Bonchev–Trinajstić information content (AvgIpc) is 2.35. The monoisotopic (exact) mass is 282 g/mol. The first-order chi connectivity index (χ1) is 8.91. The molecule has 0 spiro atoms. The van der Waals surface area contributed by atoms with Gasteiger partial charge in [-0.2, -0.15) is 0 Å². The second-order valence-electron chi connectivity index (χ2n) is 5.88. The first kappa shape index (κ1) is 16.5. The molecule has 1 aromatic rings. The fraction of sp³-hybridized carbons (Fsp3) is 0.625. The Morgan fingerprint density at radius 3 is 2.42 bits per heavy atom. The van der Waals surface area contributed by atoms with Crippen LogP contribution in [0, 0.1) is 5.92 Å². The summed E-state index contributed by atoms with van der Waals surface area (Å²) in [5, 5.41) is 0.771. The van der Waals surface area contributed by atoms with Crippen molar-refractivity contribution in [1.82, 2.24) is 4.90 Å². The van der Waals surface area contributed by atoms with Gasteiger partial charge in [0.2, 0.25) is 0 Å². The van der Waals surface area contributed by atoms with Crippen molar-refractivity contribution >= 4 is 11.6 Å². The van der Waals surface area contributed by atoms with Crippen LogP contribution in [0.3, 0.4) is 0 Å². The number of nitrogens with two attached hydrogens (primary N) is 1. The summed E-state index contributed by atoms with van der Waals surface area (Å²) in [6.45, 7) is 7.81. The van der Waals surface area contributed by atoms with E-state index in [2.05, 4.69) is 32.7 Å². The van der Waals surface area contributed by atoms with Crippen LogP contribution in [-0.2, 0) is 0 Å². The van der Waals surface area contributed by atoms with Crippen LogP contribution in [0.25, 0.3) is 0 Å². The number of nitrogens with zero attached hydrogens (tertiary/aromatic N) is 1. The van der Waals surface area contributed by atoms with Gasteiger partial charge in [-0.1, -0.05) is 43.6 Å². The van der Waals surface area contributed by atoms with E-state index in [9.17, 15) is 0 Å². The van der Waals surface area contributed by atoms with E-state index in [1.165, 1.54) is 6.42 Å². The molecule has 0 fully saturated rings. The van der Waals surface area contributed by atoms with Gasteiger partial charge in [0.05, 0.1) is 0 Å². The Morgan fingerprint density at radius 2 is 1.84 bits per heavy atom. The van der Waals surface area contributed by atoms with Crippen molar-refractivity contribution < 1.29 is 0 Å². The molecule has 2 atom stereocenters. The van der Waals surface area contributed by atoms with E-state index in [-0.39, 0.29) is 6.04 Å². The van der Waals surface area contributed by atoms with Gasteiger partial charge in [-0.3, -0.25) is 0 Å². The van der Waals surface area contributed by atoms with Gasteiger partial charge >= 0.3 is 0 Å². The second kappa shape index (κ2) is 7.88. The van der Waals surface area contributed by atoms with E-state index in [1.807, 2.05) is 24.3 Å². The minimum Gasteiger partial charge on any atom is -0.324 e. The van der Waals surface area contributed by atoms with Crippen molar-refractivity contribution in [1.29, 1.82) is 0 Å². The van der Waals surface area contributed by atoms with Gasteiger partial charge in [0, 0.05) is 17.1 Å². The first-order valence-electron chi connectivity index (χ1n) is 7.12. The molecule has 1 rings (SSSR count). The smallest absolute Gasteiger partial charge is 0.0453 e. The molecule has 0 heterocycles. The summed E-state index contributed by atoms with van der Waals surface area (Å²) >= 11 is 6.17. The summed E-state index contributed by atoms with van der Waals surface area (Å²) in [6, 6.07) is 8.47. The Morgan fingerprint density at radius 1 is 1.21 bits per heavy atom. The fourth-order valence-corrected chi connectivity index (χ4v) is 2.63. The summed E-state index contributed by atoms with van der Waals surface area (Å²) < 4.78 is 0. The highest BCUT2D eigenvalue weighted by Crippen LogP contribution is 2.23. The van der Waals surface area contributed by atoms with Crippen molar-refractivity contribution in [2.75, 3.05) is 13.6 Å². The van der Waals surface area contributed by atoms with Crippen LogP contribution in [0.1, 0.15) is 45.2 Å². The molecule has 2 unspecified atom stereocenters. The molecule has 0 bridgehead atoms. The van der Waals surface area contributed by atoms with E-state index in [4.69, 9.17) is 17.3 Å². The molecule has 108 valence electrons. The molecule has 0 saturated carbocycles. The minimum absolute atomic E-state index is 0.0161. The third kappa shape index (κ3) is 5.52. The lowest BCUT2D eigenvalue weighted by molar-refractivity contribution is 0.221. The minimum atomic E-state index is 0.0161. The quantitative estimate of drug-likeness (QED) is 0.816. The van der Waals surface area contributed by atoms with Crippen molar-refractivity contribution in [3.63, 3.8) is 0 Å². The maximum atomic E-state index is 6.23. The average molecular weight is 283 g/mol. The molecule has 0 saturated heterocycles. The van der Waals surface area contributed by atoms with E-state index in [0.717, 1.165) is 29.5 Å². The molecule has 3 heteroatoms. The number of hydrogen-bond acceptors (Lipinski definition) is 2. The maximum absolute atomic E-state index is 6.23. The van der Waals surface area contributed by atoms with Gasteiger partial charge in [-0.15, -0.1) is 0 Å². The zero-order valence-corrected chi connectivity index (χ0v) is 13.3. The van der Waals surface area contributed by atoms with E-state index < -0.39 is 0 Å². The Hall–Kier alpha value is -0.570. The van der Waals surface area contributed by atoms with Crippen molar-refractivity contribution in [3.8, 4) is 0 Å². The number of benzene rings is 1. The largest absolute Gasteiger partial charge is 0.324 e. The highest BCUT2D eigenvalue weighted by Gasteiger charge is 2.14. The highest BCUT2D eigenvalue weighted by atomic mass is 35.5. The summed E-state index contributed by atoms with van der Waals surface area (Å²) in [6.07, 6.45) is 2.15. The normalized spacial score (nSPS) is 14.9. The summed E-state index contributed by atoms with van der Waals surface area (Å²) in [5.41, 5.74) is 7.28. The first-order valence-corrected chi connectivity index (χ1v) is 7.49. The van der Waals surface area contributed by atoms with Gasteiger partial charge in [-0.25, -0.2) is 0 Å². The van der Waals surface area contributed by atoms with Crippen LogP contribution >= 0.6 is 11.6 Å². The lowest BCUT2D eigenvalue weighted by Crippen LogP contribution is -2.32. The van der Waals surface area contributed by atoms with Gasteiger partial charge < -0.3 is 10.6 Å². The summed E-state index contributed by atoms with van der Waals surface area (Å²) in [5.74, 6) is 0.731. The van der Waals surface area contributed by atoms with Gasteiger partial charge in [0.1, 0.15) is 0 Å².